The van der Waals surface area contributed by atoms with Crippen LogP contribution < -0.4 is 14.6 Å². The van der Waals surface area contributed by atoms with Crippen LogP contribution in [-0.4, -0.2) is 51.0 Å². The molecule has 1 aliphatic heterocycles. The normalized spacial score (nSPS) is 17.1. The highest BCUT2D eigenvalue weighted by Crippen LogP contribution is 2.35. The number of aromatic nitrogens is 1. The highest BCUT2D eigenvalue weighted by molar-refractivity contribution is 8.09. The van der Waals surface area contributed by atoms with Crippen LogP contribution in [0.25, 0.3) is 0 Å². The fraction of sp³-hybridized carbons (Fsp3) is 0.364. The van der Waals surface area contributed by atoms with E-state index in [4.69, 9.17) is 4.74 Å². The van der Waals surface area contributed by atoms with Gasteiger partial charge in [-0.05, 0) is 63.8 Å². The molecule has 0 bridgehead atoms. The first-order chi connectivity index (χ1) is 22.0. The Balaban J connectivity index is 1.90. The van der Waals surface area contributed by atoms with Gasteiger partial charge in [-0.1, -0.05) is 67.2 Å². The predicted molar refractivity (Wildman–Crippen MR) is 179 cm³/mol. The molecule has 0 aliphatic carbocycles. The lowest BCUT2D eigenvalue weighted by Gasteiger charge is -2.41. The van der Waals surface area contributed by atoms with Crippen molar-refractivity contribution in [2.24, 2.45) is 5.92 Å². The average molecular weight is 685 g/mol. The number of piperidine rings is 1. The molecule has 252 valence electrons. The Morgan fingerprint density at radius 1 is 0.957 bits per heavy atom. The van der Waals surface area contributed by atoms with Gasteiger partial charge in [0.25, 0.3) is 25.6 Å². The van der Waals surface area contributed by atoms with Gasteiger partial charge in [0.1, 0.15) is 17.5 Å². The van der Waals surface area contributed by atoms with Gasteiger partial charge in [-0.25, -0.2) is 21.6 Å². The number of amides is 2. The minimum Gasteiger partial charge on any atom is -0.444 e. The summed E-state index contributed by atoms with van der Waals surface area (Å²) in [4.78, 5) is 40.5. The Hall–Kier alpha value is -4.43. The van der Waals surface area contributed by atoms with Gasteiger partial charge in [-0.2, -0.15) is 3.71 Å². The van der Waals surface area contributed by atoms with E-state index in [-0.39, 0.29) is 22.6 Å². The van der Waals surface area contributed by atoms with Crippen molar-refractivity contribution in [1.29, 1.82) is 0 Å². The number of nitrogens with one attached hydrogen (secondary N) is 1. The number of carbonyl (C=O) groups is 2. The molecule has 2 aromatic carbocycles. The van der Waals surface area contributed by atoms with E-state index in [2.05, 4.69) is 11.9 Å². The molecule has 3 aromatic rings. The van der Waals surface area contributed by atoms with Crippen LogP contribution in [0.2, 0.25) is 0 Å². The van der Waals surface area contributed by atoms with E-state index < -0.39 is 60.7 Å². The Kier molecular flexibility index (Phi) is 10.7. The third kappa shape index (κ3) is 8.49. The van der Waals surface area contributed by atoms with Crippen LogP contribution in [0.3, 0.4) is 0 Å². The van der Waals surface area contributed by atoms with E-state index in [1.54, 1.807) is 88.4 Å². The number of sulfonamides is 2. The fourth-order valence-corrected chi connectivity index (χ4v) is 9.58. The number of carbonyl (C=O) groups excluding carboxylic acids is 2. The highest BCUT2D eigenvalue weighted by Gasteiger charge is 2.40. The van der Waals surface area contributed by atoms with Crippen molar-refractivity contribution in [3.63, 3.8) is 0 Å². The molecule has 4 rings (SSSR count). The van der Waals surface area contributed by atoms with Crippen molar-refractivity contribution in [3.8, 4) is 0 Å². The molecule has 2 atom stereocenters. The molecule has 0 saturated carbocycles. The number of hydrogen-bond acceptors (Lipinski definition) is 8. The molecule has 2 heterocycles. The summed E-state index contributed by atoms with van der Waals surface area (Å²) >= 11 is 0. The third-order valence-corrected chi connectivity index (χ3v) is 11.8. The van der Waals surface area contributed by atoms with Gasteiger partial charge in [0, 0.05) is 23.9 Å². The molecule has 1 N–H and O–H groups in total. The van der Waals surface area contributed by atoms with Gasteiger partial charge < -0.3 is 10.1 Å². The Bertz CT molecular complexity index is 1820. The number of rotatable bonds is 11. The number of aryl methyl sites for hydroxylation is 1. The molecule has 2 unspecified atom stereocenters. The third-order valence-electron chi connectivity index (χ3n) is 7.62. The first-order valence-corrected chi connectivity index (χ1v) is 18.2. The zero-order valence-corrected chi connectivity index (χ0v) is 28.5. The standard InChI is InChI=1S/C33H40N4O8S2/c1-24-16-17-29(31(39)36(24)30-20-28(25(2)34-23-38)18-19-35(30)32(40)45-33(3,4)5)37(46(41,42)21-26-12-8-6-9-13-26)47(43,44)22-27-14-10-7-11-15-27/h6-17,23,28,30H,2,18-22H2,1,3-5H3,(H,34,38). The van der Waals surface area contributed by atoms with Crippen LogP contribution in [0.5, 0.6) is 0 Å². The van der Waals surface area contributed by atoms with Crippen LogP contribution in [-0.2, 0) is 41.1 Å². The summed E-state index contributed by atoms with van der Waals surface area (Å²) in [6.45, 7) is 10.7. The maximum Gasteiger partial charge on any atom is 0.411 e. The van der Waals surface area contributed by atoms with E-state index in [9.17, 15) is 31.2 Å². The summed E-state index contributed by atoms with van der Waals surface area (Å²) < 4.78 is 63.3. The van der Waals surface area contributed by atoms with Gasteiger partial charge in [0.2, 0.25) is 6.41 Å². The molecule has 14 heteroatoms. The highest BCUT2D eigenvalue weighted by atomic mass is 32.3. The average Bonchev–Trinajstić information content (AvgIpc) is 2.98. The van der Waals surface area contributed by atoms with Crippen LogP contribution in [0.1, 0.15) is 56.6 Å². The summed E-state index contributed by atoms with van der Waals surface area (Å²) in [6, 6.07) is 18.7. The molecular formula is C33H40N4O8S2. The number of benzene rings is 2. The largest absolute Gasteiger partial charge is 0.444 e. The molecular weight excluding hydrogens is 645 g/mol. The lowest BCUT2D eigenvalue weighted by Crippen LogP contribution is -2.50. The lowest BCUT2D eigenvalue weighted by atomic mass is 9.91. The van der Waals surface area contributed by atoms with Crippen LogP contribution in [0, 0.1) is 12.8 Å². The minimum atomic E-state index is -4.71. The first-order valence-electron chi connectivity index (χ1n) is 15.0. The van der Waals surface area contributed by atoms with E-state index >= 15 is 0 Å². The Morgan fingerprint density at radius 2 is 1.49 bits per heavy atom. The van der Waals surface area contributed by atoms with Crippen LogP contribution in [0.4, 0.5) is 10.5 Å². The number of ether oxygens (including phenoxy) is 1. The number of anilines is 1. The molecule has 1 saturated heterocycles. The molecule has 0 radical (unpaired) electrons. The zero-order valence-electron chi connectivity index (χ0n) is 26.8. The SMILES string of the molecule is C=C(NC=O)C1CCN(C(=O)OC(C)(C)C)C(n2c(C)ccc(N(S(=O)(=O)Cc3ccccc3)S(=O)(=O)Cc3ccccc3)c2=O)C1. The van der Waals surface area contributed by atoms with E-state index in [1.807, 2.05) is 0 Å². The smallest absolute Gasteiger partial charge is 0.411 e. The lowest BCUT2D eigenvalue weighted by molar-refractivity contribution is -0.109. The number of likely N-dealkylation sites (tertiary alicyclic amines) is 1. The van der Waals surface area contributed by atoms with Crippen molar-refractivity contribution in [2.75, 3.05) is 10.3 Å². The van der Waals surface area contributed by atoms with Crippen molar-refractivity contribution in [2.45, 2.75) is 63.8 Å². The molecule has 47 heavy (non-hydrogen) atoms. The van der Waals surface area contributed by atoms with Gasteiger partial charge in [0.05, 0.1) is 11.5 Å². The van der Waals surface area contributed by atoms with E-state index in [0.717, 1.165) is 0 Å². The van der Waals surface area contributed by atoms with E-state index in [1.165, 1.54) is 21.6 Å². The van der Waals surface area contributed by atoms with Gasteiger partial charge in [-0.15, -0.1) is 0 Å². The summed E-state index contributed by atoms with van der Waals surface area (Å²) in [6.07, 6.45) is -0.751. The molecule has 12 nitrogen and oxygen atoms in total. The topological polar surface area (TPSA) is 152 Å². The molecule has 0 spiro atoms. The first kappa shape index (κ1) is 35.4. The maximum atomic E-state index is 14.5. The predicted octanol–water partition coefficient (Wildman–Crippen LogP) is 4.43. The van der Waals surface area contributed by atoms with Crippen LogP contribution in [0.15, 0.2) is 89.9 Å². The number of allylic oxidation sites excluding steroid dienone is 1. The second-order valence-electron chi connectivity index (χ2n) is 12.4. The number of pyridine rings is 1. The molecule has 1 aromatic heterocycles. The maximum absolute atomic E-state index is 14.5. The van der Waals surface area contributed by atoms with Crippen molar-refractivity contribution in [3.05, 3.63) is 112 Å². The Labute approximate surface area is 275 Å². The zero-order chi connectivity index (χ0) is 34.6. The minimum absolute atomic E-state index is 0.108. The van der Waals surface area contributed by atoms with E-state index in [0.29, 0.717) is 35.3 Å². The fourth-order valence-electron chi connectivity index (χ4n) is 5.54. The summed E-state index contributed by atoms with van der Waals surface area (Å²) in [5.41, 5.74) is -1.04. The molecule has 1 aliphatic rings. The number of nitrogens with zero attached hydrogens (tertiary/aromatic N) is 3. The van der Waals surface area contributed by atoms with Crippen molar-refractivity contribution in [1.82, 2.24) is 14.8 Å². The quantitative estimate of drug-likeness (QED) is 0.292. The monoisotopic (exact) mass is 684 g/mol. The summed E-state index contributed by atoms with van der Waals surface area (Å²) in [7, 11) is -9.42. The van der Waals surface area contributed by atoms with Gasteiger partial charge in [0.15, 0.2) is 0 Å². The van der Waals surface area contributed by atoms with Crippen molar-refractivity contribution < 1.29 is 31.2 Å². The second-order valence-corrected chi connectivity index (χ2v) is 16.2. The van der Waals surface area contributed by atoms with Crippen LogP contribution >= 0.6 is 0 Å². The number of hydrogen-bond donors (Lipinski definition) is 1. The van der Waals surface area contributed by atoms with Gasteiger partial charge in [-0.3, -0.25) is 19.1 Å². The van der Waals surface area contributed by atoms with Gasteiger partial charge >= 0.3 is 6.09 Å². The second kappa shape index (κ2) is 14.1. The molecule has 1 fully saturated rings. The summed E-state index contributed by atoms with van der Waals surface area (Å²) in [5, 5.41) is 2.55. The molecule has 2 amide bonds. The summed E-state index contributed by atoms with van der Waals surface area (Å²) in [5.74, 6) is -1.75. The van der Waals surface area contributed by atoms with Crippen molar-refractivity contribution >= 4 is 38.2 Å². The Morgan fingerprint density at radius 3 is 1.98 bits per heavy atom.